The highest BCUT2D eigenvalue weighted by atomic mass is 16.3. The number of aliphatic hydroxyl groups is 1. The highest BCUT2D eigenvalue weighted by Crippen LogP contribution is 2.18. The van der Waals surface area contributed by atoms with Gasteiger partial charge in [-0.15, -0.1) is 0 Å². The average molecular weight is 376 g/mol. The normalized spacial score (nSPS) is 16.0. The number of aromatic nitrogens is 1. The Morgan fingerprint density at radius 3 is 2.63 bits per heavy atom. The molecule has 27 heavy (non-hydrogen) atoms. The summed E-state index contributed by atoms with van der Waals surface area (Å²) in [7, 11) is 0. The Kier molecular flexibility index (Phi) is 9.39. The van der Waals surface area contributed by atoms with E-state index in [1.807, 2.05) is 6.20 Å². The number of anilines is 1. The predicted octanol–water partition coefficient (Wildman–Crippen LogP) is 2.78. The topological polar surface area (TPSA) is 72.8 Å². The van der Waals surface area contributed by atoms with Crippen LogP contribution in [0.25, 0.3) is 0 Å². The maximum absolute atomic E-state index is 9.29. The minimum Gasteiger partial charge on any atom is -0.396 e. The van der Waals surface area contributed by atoms with Crippen molar-refractivity contribution >= 4 is 11.8 Å². The van der Waals surface area contributed by atoms with Gasteiger partial charge < -0.3 is 20.6 Å². The van der Waals surface area contributed by atoms with E-state index in [0.717, 1.165) is 56.4 Å². The van der Waals surface area contributed by atoms with E-state index in [-0.39, 0.29) is 6.61 Å². The van der Waals surface area contributed by atoms with Gasteiger partial charge in [0.05, 0.1) is 6.54 Å². The van der Waals surface area contributed by atoms with Crippen LogP contribution in [0.5, 0.6) is 0 Å². The van der Waals surface area contributed by atoms with Gasteiger partial charge in [-0.2, -0.15) is 0 Å². The van der Waals surface area contributed by atoms with Crippen LogP contribution in [0.4, 0.5) is 5.82 Å². The zero-order valence-corrected chi connectivity index (χ0v) is 17.2. The van der Waals surface area contributed by atoms with Gasteiger partial charge in [0.15, 0.2) is 5.96 Å². The number of guanidine groups is 1. The van der Waals surface area contributed by atoms with Crippen LogP contribution in [0.2, 0.25) is 0 Å². The minimum atomic E-state index is 0.238. The molecule has 2 rings (SSSR count). The number of rotatable bonds is 10. The first-order valence-electron chi connectivity index (χ1n) is 10.4. The molecule has 3 N–H and O–H groups in total. The quantitative estimate of drug-likeness (QED) is 0.433. The van der Waals surface area contributed by atoms with E-state index >= 15 is 0 Å². The lowest BCUT2D eigenvalue weighted by molar-refractivity contribution is 0.243. The van der Waals surface area contributed by atoms with E-state index in [1.54, 1.807) is 0 Å². The molecule has 0 aliphatic carbocycles. The van der Waals surface area contributed by atoms with E-state index in [4.69, 9.17) is 4.99 Å². The van der Waals surface area contributed by atoms with E-state index < -0.39 is 0 Å². The summed E-state index contributed by atoms with van der Waals surface area (Å²) in [5, 5.41) is 16.0. The van der Waals surface area contributed by atoms with Crippen molar-refractivity contribution in [2.24, 2.45) is 16.8 Å². The molecular weight excluding hydrogens is 338 g/mol. The molecule has 2 heterocycles. The molecule has 6 heteroatoms. The fraction of sp³-hybridized carbons (Fsp3) is 0.714. The van der Waals surface area contributed by atoms with E-state index in [9.17, 15) is 5.11 Å². The first-order valence-corrected chi connectivity index (χ1v) is 10.4. The van der Waals surface area contributed by atoms with Crippen LogP contribution in [-0.4, -0.2) is 48.8 Å². The van der Waals surface area contributed by atoms with Crippen molar-refractivity contribution in [3.05, 3.63) is 23.9 Å². The number of pyridine rings is 1. The average Bonchev–Trinajstić information content (AvgIpc) is 3.19. The molecule has 1 aromatic rings. The molecule has 6 nitrogen and oxygen atoms in total. The lowest BCUT2D eigenvalue weighted by Crippen LogP contribution is -2.40. The summed E-state index contributed by atoms with van der Waals surface area (Å²) < 4.78 is 0. The fourth-order valence-corrected chi connectivity index (χ4v) is 3.55. The Hall–Kier alpha value is -1.82. The van der Waals surface area contributed by atoms with Gasteiger partial charge in [0.1, 0.15) is 5.82 Å². The molecule has 0 aromatic carbocycles. The SMILES string of the molecule is CCNC(=NCc1ccc(N2CCCC2)nc1)NCC(CCO)CC(C)C. The molecule has 0 amide bonds. The Labute approximate surface area is 164 Å². The lowest BCUT2D eigenvalue weighted by atomic mass is 9.94. The van der Waals surface area contributed by atoms with Crippen LogP contribution < -0.4 is 15.5 Å². The van der Waals surface area contributed by atoms with Gasteiger partial charge in [-0.1, -0.05) is 19.9 Å². The molecule has 1 fully saturated rings. The summed E-state index contributed by atoms with van der Waals surface area (Å²) in [5.41, 5.74) is 1.12. The van der Waals surface area contributed by atoms with Gasteiger partial charge in [-0.25, -0.2) is 9.98 Å². The zero-order valence-electron chi connectivity index (χ0n) is 17.2. The number of hydrogen-bond donors (Lipinski definition) is 3. The number of aliphatic imine (C=N–C) groups is 1. The number of hydrogen-bond acceptors (Lipinski definition) is 4. The van der Waals surface area contributed by atoms with Crippen molar-refractivity contribution in [1.82, 2.24) is 15.6 Å². The van der Waals surface area contributed by atoms with Gasteiger partial charge in [0, 0.05) is 39.0 Å². The molecule has 0 saturated carbocycles. The van der Waals surface area contributed by atoms with Gasteiger partial charge in [0.25, 0.3) is 0 Å². The van der Waals surface area contributed by atoms with Gasteiger partial charge >= 0.3 is 0 Å². The third-order valence-corrected chi connectivity index (χ3v) is 4.90. The summed E-state index contributed by atoms with van der Waals surface area (Å²) in [6.45, 7) is 11.3. The highest BCUT2D eigenvalue weighted by Gasteiger charge is 2.13. The molecule has 1 unspecified atom stereocenters. The van der Waals surface area contributed by atoms with Gasteiger partial charge in [-0.05, 0) is 56.1 Å². The molecule has 1 aliphatic heterocycles. The largest absolute Gasteiger partial charge is 0.396 e. The van der Waals surface area contributed by atoms with Crippen molar-refractivity contribution in [3.8, 4) is 0 Å². The van der Waals surface area contributed by atoms with Crippen molar-refractivity contribution in [2.75, 3.05) is 37.7 Å². The fourth-order valence-electron chi connectivity index (χ4n) is 3.55. The number of nitrogens with zero attached hydrogens (tertiary/aromatic N) is 3. The maximum atomic E-state index is 9.29. The van der Waals surface area contributed by atoms with Crippen LogP contribution in [0.3, 0.4) is 0 Å². The molecule has 1 atom stereocenters. The smallest absolute Gasteiger partial charge is 0.191 e. The second-order valence-electron chi connectivity index (χ2n) is 7.80. The monoisotopic (exact) mass is 375 g/mol. The molecular formula is C21H37N5O. The Morgan fingerprint density at radius 2 is 2.04 bits per heavy atom. The molecule has 1 aromatic heterocycles. The predicted molar refractivity (Wildman–Crippen MR) is 113 cm³/mol. The van der Waals surface area contributed by atoms with Crippen molar-refractivity contribution in [3.63, 3.8) is 0 Å². The molecule has 152 valence electrons. The zero-order chi connectivity index (χ0) is 19.5. The molecule has 0 radical (unpaired) electrons. The number of nitrogens with one attached hydrogen (secondary N) is 2. The van der Waals surface area contributed by atoms with Crippen LogP contribution in [0.15, 0.2) is 23.3 Å². The molecule has 1 aliphatic rings. The number of aliphatic hydroxyl groups excluding tert-OH is 1. The van der Waals surface area contributed by atoms with Gasteiger partial charge in [0.2, 0.25) is 0 Å². The summed E-state index contributed by atoms with van der Waals surface area (Å²) in [6, 6.07) is 4.23. The molecule has 1 saturated heterocycles. The van der Waals surface area contributed by atoms with E-state index in [1.165, 1.54) is 12.8 Å². The second-order valence-corrected chi connectivity index (χ2v) is 7.80. The summed E-state index contributed by atoms with van der Waals surface area (Å²) in [5.74, 6) is 2.99. The standard InChI is InChI=1S/C21H37N5O/c1-4-22-21(24-14-18(9-12-27)13-17(2)3)25-16-19-7-8-20(23-15-19)26-10-5-6-11-26/h7-8,15,17-18,27H,4-6,9-14,16H2,1-3H3,(H2,22,24,25). The Bertz CT molecular complexity index is 552. The summed E-state index contributed by atoms with van der Waals surface area (Å²) >= 11 is 0. The third-order valence-electron chi connectivity index (χ3n) is 4.90. The van der Waals surface area contributed by atoms with Crippen molar-refractivity contribution < 1.29 is 5.11 Å². The first kappa shape index (κ1) is 21.5. The van der Waals surface area contributed by atoms with Crippen LogP contribution in [0.1, 0.15) is 52.0 Å². The highest BCUT2D eigenvalue weighted by molar-refractivity contribution is 5.79. The second kappa shape index (κ2) is 11.8. The third kappa shape index (κ3) is 7.75. The van der Waals surface area contributed by atoms with E-state index in [2.05, 4.69) is 53.4 Å². The first-order chi connectivity index (χ1) is 13.1. The Balaban J connectivity index is 1.89. The lowest BCUT2D eigenvalue weighted by Gasteiger charge is -2.20. The Morgan fingerprint density at radius 1 is 1.26 bits per heavy atom. The maximum Gasteiger partial charge on any atom is 0.191 e. The van der Waals surface area contributed by atoms with Gasteiger partial charge in [-0.3, -0.25) is 0 Å². The molecule has 0 spiro atoms. The van der Waals surface area contributed by atoms with E-state index in [0.29, 0.717) is 18.4 Å². The van der Waals surface area contributed by atoms with Crippen molar-refractivity contribution in [2.45, 2.75) is 53.0 Å². The van der Waals surface area contributed by atoms with Crippen LogP contribution in [0, 0.1) is 11.8 Å². The van der Waals surface area contributed by atoms with Crippen molar-refractivity contribution in [1.29, 1.82) is 0 Å². The summed E-state index contributed by atoms with van der Waals surface area (Å²) in [4.78, 5) is 11.6. The molecule has 0 bridgehead atoms. The van der Waals surface area contributed by atoms with Crippen LogP contribution in [-0.2, 0) is 6.54 Å². The van der Waals surface area contributed by atoms with Crippen LogP contribution >= 0.6 is 0 Å². The summed E-state index contributed by atoms with van der Waals surface area (Å²) in [6.07, 6.45) is 6.40. The minimum absolute atomic E-state index is 0.238.